The molecule has 128 valence electrons. The van der Waals surface area contributed by atoms with Crippen LogP contribution in [0.1, 0.15) is 34.7 Å². The number of hydrogen-bond acceptors (Lipinski definition) is 4. The maximum absolute atomic E-state index is 6.09. The first kappa shape index (κ1) is 18.3. The van der Waals surface area contributed by atoms with Gasteiger partial charge >= 0.3 is 5.24 Å². The van der Waals surface area contributed by atoms with Crippen molar-refractivity contribution in [2.75, 3.05) is 7.11 Å². The van der Waals surface area contributed by atoms with Gasteiger partial charge in [-0.25, -0.2) is 0 Å². The molecule has 0 unspecified atom stereocenters. The minimum absolute atomic E-state index is 0.104. The van der Waals surface area contributed by atoms with Crippen molar-refractivity contribution in [2.24, 2.45) is 0 Å². The summed E-state index contributed by atoms with van der Waals surface area (Å²) in [4.78, 5) is 0. The Kier molecular flexibility index (Phi) is 6.21. The molecule has 4 heteroatoms. The Bertz CT molecular complexity index is 738. The molecule has 2 aromatic carbocycles. The van der Waals surface area contributed by atoms with E-state index in [0.29, 0.717) is 12.4 Å². The summed E-state index contributed by atoms with van der Waals surface area (Å²) < 4.78 is 16.7. The molecule has 0 fully saturated rings. The van der Waals surface area contributed by atoms with Gasteiger partial charge in [0.1, 0.15) is 18.1 Å². The highest BCUT2D eigenvalue weighted by molar-refractivity contribution is 7.79. The minimum atomic E-state index is 0.104. The first-order valence-electron chi connectivity index (χ1n) is 8.03. The fraction of sp³-hybridized carbons (Fsp3) is 0.350. The van der Waals surface area contributed by atoms with Crippen LogP contribution in [0.5, 0.6) is 11.5 Å². The summed E-state index contributed by atoms with van der Waals surface area (Å²) in [5, 5.41) is 0.104. The van der Waals surface area contributed by atoms with E-state index in [4.69, 9.17) is 26.4 Å². The van der Waals surface area contributed by atoms with Gasteiger partial charge in [-0.05, 0) is 61.6 Å². The lowest BCUT2D eigenvalue weighted by Crippen LogP contribution is -2.11. The van der Waals surface area contributed by atoms with Crippen LogP contribution >= 0.6 is 12.2 Å². The monoisotopic (exact) mass is 344 g/mol. The van der Waals surface area contributed by atoms with Crippen molar-refractivity contribution in [1.29, 1.82) is 0 Å². The molecule has 0 aliphatic rings. The lowest BCUT2D eigenvalue weighted by molar-refractivity contribution is 0.287. The third-order valence-electron chi connectivity index (χ3n) is 4.13. The van der Waals surface area contributed by atoms with Gasteiger partial charge in [0.25, 0.3) is 0 Å². The van der Waals surface area contributed by atoms with Crippen LogP contribution in [0.25, 0.3) is 0 Å². The molecule has 0 atom stereocenters. The number of hydrogen-bond donors (Lipinski definition) is 0. The molecule has 0 bridgehead atoms. The molecule has 0 saturated heterocycles. The van der Waals surface area contributed by atoms with E-state index in [-0.39, 0.29) is 5.24 Å². The van der Waals surface area contributed by atoms with Gasteiger partial charge in [0, 0.05) is 17.8 Å². The van der Waals surface area contributed by atoms with Crippen LogP contribution in [-0.2, 0) is 17.8 Å². The molecular formula is C20H24O3S. The van der Waals surface area contributed by atoms with Gasteiger partial charge in [0.15, 0.2) is 0 Å². The predicted molar refractivity (Wildman–Crippen MR) is 101 cm³/mol. The molecule has 0 aliphatic heterocycles. The third kappa shape index (κ3) is 4.26. The average molecular weight is 344 g/mol. The van der Waals surface area contributed by atoms with Gasteiger partial charge in [0.05, 0.1) is 7.11 Å². The summed E-state index contributed by atoms with van der Waals surface area (Å²) in [5.41, 5.74) is 5.78. The van der Waals surface area contributed by atoms with Crippen LogP contribution in [0.4, 0.5) is 0 Å². The van der Waals surface area contributed by atoms with Crippen LogP contribution in [0.3, 0.4) is 0 Å². The molecule has 0 saturated carbocycles. The van der Waals surface area contributed by atoms with Crippen molar-refractivity contribution in [2.45, 2.75) is 40.7 Å². The molecule has 0 radical (unpaired) electrons. The number of benzene rings is 2. The molecule has 0 aliphatic carbocycles. The van der Waals surface area contributed by atoms with Gasteiger partial charge < -0.3 is 14.2 Å². The highest BCUT2D eigenvalue weighted by Crippen LogP contribution is 2.28. The molecule has 2 rings (SSSR count). The molecular weight excluding hydrogens is 320 g/mol. The van der Waals surface area contributed by atoms with Gasteiger partial charge in [-0.1, -0.05) is 25.1 Å². The van der Waals surface area contributed by atoms with Gasteiger partial charge in [0.2, 0.25) is 0 Å². The topological polar surface area (TPSA) is 27.7 Å². The van der Waals surface area contributed by atoms with Crippen molar-refractivity contribution < 1.29 is 14.2 Å². The Morgan fingerprint density at radius 3 is 2.38 bits per heavy atom. The predicted octanol–water partition coefficient (Wildman–Crippen LogP) is 5.06. The van der Waals surface area contributed by atoms with E-state index in [1.165, 1.54) is 23.8 Å². The fourth-order valence-electron chi connectivity index (χ4n) is 2.57. The maximum Gasteiger partial charge on any atom is 0.357 e. The summed E-state index contributed by atoms with van der Waals surface area (Å²) in [6.45, 7) is 8.79. The largest absolute Gasteiger partial charge is 0.488 e. The lowest BCUT2D eigenvalue weighted by atomic mass is 10.0. The smallest absolute Gasteiger partial charge is 0.357 e. The van der Waals surface area contributed by atoms with Crippen molar-refractivity contribution in [1.82, 2.24) is 0 Å². The highest BCUT2D eigenvalue weighted by atomic mass is 32.1. The number of ether oxygens (including phenoxy) is 3. The quantitative estimate of drug-likeness (QED) is 0.708. The van der Waals surface area contributed by atoms with E-state index in [2.05, 4.69) is 45.9 Å². The zero-order chi connectivity index (χ0) is 17.7. The Morgan fingerprint density at radius 2 is 1.71 bits per heavy atom. The Hall–Kier alpha value is -2.07. The zero-order valence-electron chi connectivity index (χ0n) is 14.9. The van der Waals surface area contributed by atoms with Crippen molar-refractivity contribution in [3.63, 3.8) is 0 Å². The van der Waals surface area contributed by atoms with E-state index >= 15 is 0 Å². The van der Waals surface area contributed by atoms with Gasteiger partial charge in [-0.2, -0.15) is 0 Å². The number of methoxy groups -OCH3 is 1. The normalized spacial score (nSPS) is 10.4. The van der Waals surface area contributed by atoms with Crippen LogP contribution < -0.4 is 9.47 Å². The maximum atomic E-state index is 6.09. The van der Waals surface area contributed by atoms with Crippen LogP contribution in [0.2, 0.25) is 0 Å². The van der Waals surface area contributed by atoms with E-state index < -0.39 is 0 Å². The molecule has 0 aromatic heterocycles. The summed E-state index contributed by atoms with van der Waals surface area (Å²) >= 11 is 5.02. The minimum Gasteiger partial charge on any atom is -0.488 e. The van der Waals surface area contributed by atoms with Gasteiger partial charge in [-0.15, -0.1) is 0 Å². The molecule has 2 aromatic rings. The summed E-state index contributed by atoms with van der Waals surface area (Å²) in [6.07, 6.45) is 0.890. The zero-order valence-corrected chi connectivity index (χ0v) is 15.8. The summed E-state index contributed by atoms with van der Waals surface area (Å²) in [5.74, 6) is 1.58. The van der Waals surface area contributed by atoms with Crippen molar-refractivity contribution in [3.05, 3.63) is 58.1 Å². The number of rotatable bonds is 5. The Morgan fingerprint density at radius 1 is 1.00 bits per heavy atom. The van der Waals surface area contributed by atoms with E-state index in [1.807, 2.05) is 12.1 Å². The van der Waals surface area contributed by atoms with Crippen LogP contribution in [0, 0.1) is 20.8 Å². The van der Waals surface area contributed by atoms with E-state index in [9.17, 15) is 0 Å². The van der Waals surface area contributed by atoms with Crippen molar-refractivity contribution in [3.8, 4) is 11.5 Å². The molecule has 0 amide bonds. The summed E-state index contributed by atoms with van der Waals surface area (Å²) in [6, 6.07) is 10.1. The third-order valence-corrected chi connectivity index (χ3v) is 4.38. The van der Waals surface area contributed by atoms with Crippen LogP contribution in [-0.4, -0.2) is 12.3 Å². The molecule has 0 N–H and O–H groups in total. The second-order valence-electron chi connectivity index (χ2n) is 5.79. The average Bonchev–Trinajstić information content (AvgIpc) is 2.57. The molecule has 0 heterocycles. The second kappa shape index (κ2) is 8.15. The SMILES string of the molecule is CCc1cccc(OC(=S)OC)c1COc1cc(C)c(C)cc1C. The Balaban J connectivity index is 2.28. The second-order valence-corrected chi connectivity index (χ2v) is 6.13. The van der Waals surface area contributed by atoms with E-state index in [1.54, 1.807) is 0 Å². The van der Waals surface area contributed by atoms with E-state index in [0.717, 1.165) is 23.3 Å². The first-order valence-corrected chi connectivity index (χ1v) is 8.44. The molecule has 0 spiro atoms. The van der Waals surface area contributed by atoms with Crippen molar-refractivity contribution >= 4 is 17.5 Å². The number of aryl methyl sites for hydroxylation is 4. The van der Waals surface area contributed by atoms with Gasteiger partial charge in [-0.3, -0.25) is 0 Å². The lowest BCUT2D eigenvalue weighted by Gasteiger charge is -2.17. The summed E-state index contributed by atoms with van der Waals surface area (Å²) in [7, 11) is 1.50. The Labute approximate surface area is 149 Å². The standard InChI is InChI=1S/C20H24O3S/c1-6-16-8-7-9-18(23-20(24)21-5)17(16)12-22-19-11-14(3)13(2)10-15(19)4/h7-11H,6,12H2,1-5H3. The highest BCUT2D eigenvalue weighted by Gasteiger charge is 2.13. The number of thiocarbonyl (C=S) groups is 1. The fourth-order valence-corrected chi connectivity index (χ4v) is 2.66. The molecule has 24 heavy (non-hydrogen) atoms. The van der Waals surface area contributed by atoms with Crippen LogP contribution in [0.15, 0.2) is 30.3 Å². The molecule has 3 nitrogen and oxygen atoms in total. The first-order chi connectivity index (χ1) is 11.5.